The normalized spacial score (nSPS) is 10.4. The molecule has 1 aromatic carbocycles. The summed E-state index contributed by atoms with van der Waals surface area (Å²) in [5.74, 6) is 0.285. The van der Waals surface area contributed by atoms with Crippen molar-refractivity contribution >= 4 is 33.3 Å². The van der Waals surface area contributed by atoms with Gasteiger partial charge in [-0.1, -0.05) is 33.6 Å². The maximum absolute atomic E-state index is 11.7. The molecule has 0 saturated carbocycles. The highest BCUT2D eigenvalue weighted by molar-refractivity contribution is 9.10. The lowest BCUT2D eigenvalue weighted by atomic mass is 10.1. The molecular weight excluding hydrogens is 291 g/mol. The molecule has 16 heavy (non-hydrogen) atoms. The van der Waals surface area contributed by atoms with Crippen LogP contribution >= 0.6 is 27.5 Å². The van der Waals surface area contributed by atoms with Gasteiger partial charge in [0, 0.05) is 15.9 Å². The summed E-state index contributed by atoms with van der Waals surface area (Å²) in [7, 11) is 0. The summed E-state index contributed by atoms with van der Waals surface area (Å²) in [4.78, 5) is 11.7. The van der Waals surface area contributed by atoms with Gasteiger partial charge in [0.25, 0.3) is 0 Å². The number of hydrogen-bond donors (Lipinski definition) is 0. The monoisotopic (exact) mass is 298 g/mol. The number of rotatable bonds is 3. The van der Waals surface area contributed by atoms with E-state index in [4.69, 9.17) is 16.0 Å². The maximum Gasteiger partial charge on any atom is 0.202 e. The van der Waals surface area contributed by atoms with Crippen LogP contribution in [0.4, 0.5) is 0 Å². The van der Waals surface area contributed by atoms with Gasteiger partial charge in [-0.25, -0.2) is 0 Å². The van der Waals surface area contributed by atoms with Gasteiger partial charge in [-0.3, -0.25) is 4.79 Å². The smallest absolute Gasteiger partial charge is 0.202 e. The summed E-state index contributed by atoms with van der Waals surface area (Å²) in [5, 5.41) is 0.578. The average Bonchev–Trinajstić information content (AvgIpc) is 2.75. The minimum absolute atomic E-state index is 0.0748. The molecule has 0 bridgehead atoms. The number of carbonyl (C=O) groups is 1. The van der Waals surface area contributed by atoms with Crippen molar-refractivity contribution in [2.75, 3.05) is 0 Å². The second-order valence-electron chi connectivity index (χ2n) is 3.31. The Kier molecular flexibility index (Phi) is 3.46. The van der Waals surface area contributed by atoms with Crippen LogP contribution in [0.2, 0.25) is 5.02 Å². The SMILES string of the molecule is O=C(Cc1ccc(Br)cc1Cl)c1ccco1. The van der Waals surface area contributed by atoms with Crippen molar-refractivity contribution in [2.24, 2.45) is 0 Å². The van der Waals surface area contributed by atoms with E-state index in [1.165, 1.54) is 6.26 Å². The first-order valence-corrected chi connectivity index (χ1v) is 5.84. The molecule has 2 rings (SSSR count). The van der Waals surface area contributed by atoms with Crippen LogP contribution < -0.4 is 0 Å². The molecule has 0 N–H and O–H groups in total. The minimum atomic E-state index is -0.0748. The summed E-state index contributed by atoms with van der Waals surface area (Å²) >= 11 is 9.34. The van der Waals surface area contributed by atoms with E-state index in [0.717, 1.165) is 10.0 Å². The van der Waals surface area contributed by atoms with E-state index in [9.17, 15) is 4.79 Å². The van der Waals surface area contributed by atoms with Crippen molar-refractivity contribution in [1.82, 2.24) is 0 Å². The van der Waals surface area contributed by atoms with Crippen molar-refractivity contribution in [3.63, 3.8) is 0 Å². The second kappa shape index (κ2) is 4.85. The quantitative estimate of drug-likeness (QED) is 0.798. The van der Waals surface area contributed by atoms with Gasteiger partial charge in [0.1, 0.15) is 0 Å². The van der Waals surface area contributed by atoms with Gasteiger partial charge in [0.2, 0.25) is 5.78 Å². The summed E-state index contributed by atoms with van der Waals surface area (Å²) in [6, 6.07) is 8.79. The van der Waals surface area contributed by atoms with E-state index < -0.39 is 0 Å². The third-order valence-electron chi connectivity index (χ3n) is 2.16. The number of carbonyl (C=O) groups excluding carboxylic acids is 1. The number of benzene rings is 1. The molecule has 1 aromatic heterocycles. The van der Waals surface area contributed by atoms with Crippen LogP contribution in [0.1, 0.15) is 16.1 Å². The Labute approximate surface area is 106 Å². The predicted molar refractivity (Wildman–Crippen MR) is 65.9 cm³/mol. The third-order valence-corrected chi connectivity index (χ3v) is 3.01. The molecule has 2 nitrogen and oxygen atoms in total. The molecule has 82 valence electrons. The maximum atomic E-state index is 11.7. The van der Waals surface area contributed by atoms with Gasteiger partial charge >= 0.3 is 0 Å². The van der Waals surface area contributed by atoms with E-state index in [1.54, 1.807) is 18.2 Å². The van der Waals surface area contributed by atoms with Crippen LogP contribution in [-0.2, 0) is 6.42 Å². The van der Waals surface area contributed by atoms with Crippen LogP contribution in [0, 0.1) is 0 Å². The van der Waals surface area contributed by atoms with E-state index >= 15 is 0 Å². The van der Waals surface area contributed by atoms with E-state index in [1.807, 2.05) is 12.1 Å². The van der Waals surface area contributed by atoms with E-state index in [0.29, 0.717) is 10.8 Å². The third kappa shape index (κ3) is 2.54. The van der Waals surface area contributed by atoms with Crippen LogP contribution in [0.25, 0.3) is 0 Å². The standard InChI is InChI=1S/C12H8BrClO2/c13-9-4-3-8(10(14)7-9)6-11(15)12-2-1-5-16-12/h1-5,7H,6H2. The molecule has 0 aliphatic rings. The van der Waals surface area contributed by atoms with Gasteiger partial charge in [-0.05, 0) is 29.8 Å². The Morgan fingerprint density at radius 1 is 1.38 bits per heavy atom. The molecule has 0 amide bonds. The number of Topliss-reactive ketones (excluding diaryl/α,β-unsaturated/α-hetero) is 1. The van der Waals surface area contributed by atoms with Crippen molar-refractivity contribution in [1.29, 1.82) is 0 Å². The molecule has 0 aliphatic heterocycles. The van der Waals surface area contributed by atoms with Gasteiger partial charge in [-0.15, -0.1) is 0 Å². The number of furan rings is 1. The molecular formula is C12H8BrClO2. The van der Waals surface area contributed by atoms with Crippen molar-refractivity contribution in [3.05, 3.63) is 57.4 Å². The molecule has 0 unspecified atom stereocenters. The first-order chi connectivity index (χ1) is 7.66. The molecule has 4 heteroatoms. The van der Waals surface area contributed by atoms with Crippen LogP contribution in [0.5, 0.6) is 0 Å². The summed E-state index contributed by atoms with van der Waals surface area (Å²) in [6.45, 7) is 0. The fraction of sp³-hybridized carbons (Fsp3) is 0.0833. The molecule has 0 spiro atoms. The first-order valence-electron chi connectivity index (χ1n) is 4.67. The topological polar surface area (TPSA) is 30.2 Å². The van der Waals surface area contributed by atoms with E-state index in [2.05, 4.69) is 15.9 Å². The molecule has 0 saturated heterocycles. The lowest BCUT2D eigenvalue weighted by Gasteiger charge is -2.02. The summed E-state index contributed by atoms with van der Waals surface area (Å²) in [5.41, 5.74) is 0.797. The van der Waals surface area contributed by atoms with Gasteiger partial charge in [0.05, 0.1) is 6.26 Å². The molecule has 0 fully saturated rings. The zero-order valence-corrected chi connectivity index (χ0v) is 10.6. The number of ketones is 1. The molecule has 0 atom stereocenters. The van der Waals surface area contributed by atoms with Gasteiger partial charge in [-0.2, -0.15) is 0 Å². The van der Waals surface area contributed by atoms with Crippen molar-refractivity contribution < 1.29 is 9.21 Å². The van der Waals surface area contributed by atoms with E-state index in [-0.39, 0.29) is 12.2 Å². The zero-order chi connectivity index (χ0) is 11.5. The van der Waals surface area contributed by atoms with Crippen molar-refractivity contribution in [3.8, 4) is 0 Å². The lowest BCUT2D eigenvalue weighted by molar-refractivity contribution is 0.0966. The Morgan fingerprint density at radius 2 is 2.19 bits per heavy atom. The fourth-order valence-corrected chi connectivity index (χ4v) is 2.10. The Morgan fingerprint density at radius 3 is 2.81 bits per heavy atom. The largest absolute Gasteiger partial charge is 0.461 e. The number of hydrogen-bond acceptors (Lipinski definition) is 2. The van der Waals surface area contributed by atoms with Crippen LogP contribution in [0.15, 0.2) is 45.5 Å². The van der Waals surface area contributed by atoms with Gasteiger partial charge in [0.15, 0.2) is 5.76 Å². The Bertz CT molecular complexity index is 506. The van der Waals surface area contributed by atoms with Gasteiger partial charge < -0.3 is 4.42 Å². The first kappa shape index (κ1) is 11.4. The lowest BCUT2D eigenvalue weighted by Crippen LogP contribution is -2.02. The molecule has 0 radical (unpaired) electrons. The highest BCUT2D eigenvalue weighted by Gasteiger charge is 2.11. The highest BCUT2D eigenvalue weighted by Crippen LogP contribution is 2.22. The second-order valence-corrected chi connectivity index (χ2v) is 4.64. The molecule has 1 heterocycles. The Balaban J connectivity index is 2.18. The highest BCUT2D eigenvalue weighted by atomic mass is 79.9. The average molecular weight is 300 g/mol. The fourth-order valence-electron chi connectivity index (χ4n) is 1.36. The summed E-state index contributed by atoms with van der Waals surface area (Å²) < 4.78 is 5.92. The molecule has 2 aromatic rings. The van der Waals surface area contributed by atoms with Crippen molar-refractivity contribution in [2.45, 2.75) is 6.42 Å². The van der Waals surface area contributed by atoms with Crippen LogP contribution in [0.3, 0.4) is 0 Å². The van der Waals surface area contributed by atoms with Crippen LogP contribution in [-0.4, -0.2) is 5.78 Å². The minimum Gasteiger partial charge on any atom is -0.461 e. The number of halogens is 2. The predicted octanol–water partition coefficient (Wildman–Crippen LogP) is 4.12. The zero-order valence-electron chi connectivity index (χ0n) is 8.24. The summed E-state index contributed by atoms with van der Waals surface area (Å²) in [6.07, 6.45) is 1.73. The molecule has 0 aliphatic carbocycles. The Hall–Kier alpha value is -1.06.